The maximum atomic E-state index is 15.0. The van der Waals surface area contributed by atoms with Gasteiger partial charge in [-0.25, -0.2) is 0 Å². The molecular formula is C53H27F3N6. The summed E-state index contributed by atoms with van der Waals surface area (Å²) >= 11 is 0. The van der Waals surface area contributed by atoms with Gasteiger partial charge in [0.15, 0.2) is 0 Å². The van der Waals surface area contributed by atoms with Crippen LogP contribution in [0.4, 0.5) is 13.2 Å². The Labute approximate surface area is 352 Å². The standard InChI is InChI=1S/C53H27F3N6/c54-53(55,56)45-17-9-12-36(30-59)52(45)44-27-51(62-47-19-8-6-16-41(47)43-23-21-33(25-49(43)62)39-14-4-2-11-35(39)29-58)50(26-37(44)31-60)61-46-18-7-5-15-40(46)42-22-20-32(24-48(42)61)38-13-3-1-10-34(38)28-57/h1-27H. The van der Waals surface area contributed by atoms with Crippen LogP contribution in [0.2, 0.25) is 0 Å². The van der Waals surface area contributed by atoms with Gasteiger partial charge < -0.3 is 9.13 Å². The fourth-order valence-corrected chi connectivity index (χ4v) is 8.87. The molecular weight excluding hydrogens is 778 g/mol. The van der Waals surface area contributed by atoms with E-state index in [0.717, 1.165) is 60.9 Å². The van der Waals surface area contributed by atoms with Gasteiger partial charge in [0.1, 0.15) is 0 Å². The minimum Gasteiger partial charge on any atom is -0.307 e. The van der Waals surface area contributed by atoms with E-state index >= 15 is 0 Å². The summed E-state index contributed by atoms with van der Waals surface area (Å²) in [7, 11) is 0. The predicted molar refractivity (Wildman–Crippen MR) is 235 cm³/mol. The van der Waals surface area contributed by atoms with Crippen molar-refractivity contribution in [3.05, 3.63) is 192 Å². The minimum absolute atomic E-state index is 0.0583. The van der Waals surface area contributed by atoms with Crippen LogP contribution in [0, 0.1) is 45.3 Å². The van der Waals surface area contributed by atoms with Gasteiger partial charge in [0.25, 0.3) is 0 Å². The van der Waals surface area contributed by atoms with Gasteiger partial charge in [-0.05, 0) is 82.9 Å². The summed E-state index contributed by atoms with van der Waals surface area (Å²) in [5.41, 5.74) is 5.97. The van der Waals surface area contributed by atoms with Crippen LogP contribution in [0.1, 0.15) is 27.8 Å². The number of hydrogen-bond donors (Lipinski definition) is 0. The lowest BCUT2D eigenvalue weighted by atomic mass is 9.90. The topological polar surface area (TPSA) is 105 Å². The van der Waals surface area contributed by atoms with E-state index in [2.05, 4.69) is 18.2 Å². The van der Waals surface area contributed by atoms with Crippen LogP contribution >= 0.6 is 0 Å². The molecule has 0 fully saturated rings. The molecule has 0 bridgehead atoms. The molecule has 10 aromatic rings. The smallest absolute Gasteiger partial charge is 0.307 e. The molecule has 0 aliphatic carbocycles. The van der Waals surface area contributed by atoms with Crippen LogP contribution < -0.4 is 0 Å². The number of rotatable bonds is 5. The van der Waals surface area contributed by atoms with Gasteiger partial charge in [0.2, 0.25) is 0 Å². The van der Waals surface area contributed by atoms with Crippen molar-refractivity contribution >= 4 is 43.6 Å². The zero-order valence-corrected chi connectivity index (χ0v) is 32.4. The Kier molecular flexibility index (Phi) is 8.70. The van der Waals surface area contributed by atoms with Crippen LogP contribution in [0.25, 0.3) is 88.4 Å². The van der Waals surface area contributed by atoms with E-state index in [1.165, 1.54) is 12.1 Å². The van der Waals surface area contributed by atoms with E-state index < -0.39 is 17.3 Å². The lowest BCUT2D eigenvalue weighted by molar-refractivity contribution is -0.137. The zero-order valence-electron chi connectivity index (χ0n) is 32.4. The van der Waals surface area contributed by atoms with Gasteiger partial charge in [-0.2, -0.15) is 34.2 Å². The van der Waals surface area contributed by atoms with Crippen molar-refractivity contribution in [3.63, 3.8) is 0 Å². The summed E-state index contributed by atoms with van der Waals surface area (Å²) in [6, 6.07) is 57.3. The zero-order chi connectivity index (χ0) is 42.7. The average Bonchev–Trinajstić information content (AvgIpc) is 3.82. The van der Waals surface area contributed by atoms with E-state index in [0.29, 0.717) is 33.6 Å². The molecule has 8 aromatic carbocycles. The number of nitriles is 4. The highest BCUT2D eigenvalue weighted by Crippen LogP contribution is 2.45. The lowest BCUT2D eigenvalue weighted by Gasteiger charge is -2.21. The van der Waals surface area contributed by atoms with Crippen molar-refractivity contribution in [2.75, 3.05) is 0 Å². The largest absolute Gasteiger partial charge is 0.417 e. The summed E-state index contributed by atoms with van der Waals surface area (Å²) < 4.78 is 48.9. The fourth-order valence-electron chi connectivity index (χ4n) is 8.87. The normalized spacial score (nSPS) is 11.4. The highest BCUT2D eigenvalue weighted by atomic mass is 19.4. The Morgan fingerprint density at radius 3 is 1.31 bits per heavy atom. The van der Waals surface area contributed by atoms with Crippen molar-refractivity contribution < 1.29 is 13.2 Å². The maximum Gasteiger partial charge on any atom is 0.417 e. The maximum absolute atomic E-state index is 15.0. The van der Waals surface area contributed by atoms with E-state index in [9.17, 15) is 34.2 Å². The SMILES string of the molecule is N#Cc1ccccc1-c1ccc2c3ccccc3n(-c3cc(C#N)c(-c4c(C#N)cccc4C(F)(F)F)cc3-n3c4ccccc4c4ccc(-c5ccccc5C#N)cc43)c2c1. The Bertz CT molecular complexity index is 3690. The summed E-state index contributed by atoms with van der Waals surface area (Å²) in [5, 5.41) is 44.9. The van der Waals surface area contributed by atoms with Crippen LogP contribution in [0.3, 0.4) is 0 Å². The summed E-state index contributed by atoms with van der Waals surface area (Å²) in [6.45, 7) is 0. The number of nitrogens with zero attached hydrogens (tertiary/aromatic N) is 6. The van der Waals surface area contributed by atoms with Gasteiger partial charge in [-0.15, -0.1) is 0 Å². The van der Waals surface area contributed by atoms with Gasteiger partial charge in [0.05, 0.1) is 85.5 Å². The molecule has 0 radical (unpaired) electrons. The number of fused-ring (bicyclic) bond motifs is 6. The molecule has 0 saturated heterocycles. The highest BCUT2D eigenvalue weighted by molar-refractivity contribution is 6.13. The highest BCUT2D eigenvalue weighted by Gasteiger charge is 2.36. The van der Waals surface area contributed by atoms with Gasteiger partial charge >= 0.3 is 6.18 Å². The number of aromatic nitrogens is 2. The number of alkyl halides is 3. The van der Waals surface area contributed by atoms with Crippen LogP contribution in [-0.4, -0.2) is 9.13 Å². The first-order valence-electron chi connectivity index (χ1n) is 19.5. The second-order valence-corrected chi connectivity index (χ2v) is 14.8. The molecule has 62 heavy (non-hydrogen) atoms. The Morgan fingerprint density at radius 2 is 0.806 bits per heavy atom. The molecule has 10 rings (SSSR count). The predicted octanol–water partition coefficient (Wildman–Crippen LogP) is 13.4. The third-order valence-corrected chi connectivity index (χ3v) is 11.5. The van der Waals surface area contributed by atoms with Crippen molar-refractivity contribution in [1.29, 1.82) is 21.0 Å². The Balaban J connectivity index is 1.40. The first-order valence-corrected chi connectivity index (χ1v) is 19.5. The molecule has 6 nitrogen and oxygen atoms in total. The molecule has 2 aromatic heterocycles. The summed E-state index contributed by atoms with van der Waals surface area (Å²) in [6.07, 6.45) is -4.85. The first kappa shape index (κ1) is 37.4. The van der Waals surface area contributed by atoms with E-state index in [1.54, 1.807) is 36.4 Å². The van der Waals surface area contributed by atoms with Gasteiger partial charge in [0, 0.05) is 32.7 Å². The Morgan fingerprint density at radius 1 is 0.371 bits per heavy atom. The molecule has 2 heterocycles. The van der Waals surface area contributed by atoms with Crippen molar-refractivity contribution in [1.82, 2.24) is 9.13 Å². The molecule has 0 amide bonds. The van der Waals surface area contributed by atoms with Crippen LogP contribution in [0.5, 0.6) is 0 Å². The van der Waals surface area contributed by atoms with E-state index in [4.69, 9.17) is 0 Å². The molecule has 0 spiro atoms. The van der Waals surface area contributed by atoms with E-state index in [1.807, 2.05) is 124 Å². The monoisotopic (exact) mass is 804 g/mol. The number of benzene rings is 8. The van der Waals surface area contributed by atoms with E-state index in [-0.39, 0.29) is 16.7 Å². The van der Waals surface area contributed by atoms with Gasteiger partial charge in [-0.3, -0.25) is 0 Å². The molecule has 9 heteroatoms. The Hall–Kier alpha value is -8.89. The number of halogens is 3. The summed E-state index contributed by atoms with van der Waals surface area (Å²) in [5.74, 6) is 0. The average molecular weight is 805 g/mol. The number of hydrogen-bond acceptors (Lipinski definition) is 4. The summed E-state index contributed by atoms with van der Waals surface area (Å²) in [4.78, 5) is 0. The molecule has 0 atom stereocenters. The van der Waals surface area contributed by atoms with Gasteiger partial charge in [-0.1, -0.05) is 103 Å². The number of para-hydroxylation sites is 2. The lowest BCUT2D eigenvalue weighted by Crippen LogP contribution is -2.10. The second kappa shape index (κ2) is 14.4. The van der Waals surface area contributed by atoms with Crippen molar-refractivity contribution in [2.24, 2.45) is 0 Å². The van der Waals surface area contributed by atoms with Crippen molar-refractivity contribution in [2.45, 2.75) is 6.18 Å². The molecule has 0 aliphatic heterocycles. The molecule has 0 saturated carbocycles. The minimum atomic E-state index is -4.85. The molecule has 0 N–H and O–H groups in total. The first-order chi connectivity index (χ1) is 30.2. The molecule has 290 valence electrons. The second-order valence-electron chi connectivity index (χ2n) is 14.8. The molecule has 0 unspecified atom stereocenters. The third kappa shape index (κ3) is 5.77. The fraction of sp³-hybridized carbons (Fsp3) is 0.0189. The third-order valence-electron chi connectivity index (χ3n) is 11.5. The van der Waals surface area contributed by atoms with Crippen LogP contribution in [-0.2, 0) is 6.18 Å². The van der Waals surface area contributed by atoms with Crippen molar-refractivity contribution in [3.8, 4) is 69.0 Å². The quantitative estimate of drug-likeness (QED) is 0.173. The van der Waals surface area contributed by atoms with Crippen LogP contribution in [0.15, 0.2) is 164 Å². The molecule has 0 aliphatic rings.